The Morgan fingerprint density at radius 2 is 1.35 bits per heavy atom. The van der Waals surface area contributed by atoms with Crippen LogP contribution in [0.25, 0.3) is 0 Å². The predicted molar refractivity (Wildman–Crippen MR) is 352 cm³/mol. The maximum Gasteiger partial charge on any atom is 0.410 e. The van der Waals surface area contributed by atoms with Gasteiger partial charge < -0.3 is 56.3 Å². The molecule has 2 aliphatic heterocycles. The number of hydrogen-bond acceptors (Lipinski definition) is 16. The van der Waals surface area contributed by atoms with Gasteiger partial charge in [-0.15, -0.1) is 0 Å². The third kappa shape index (κ3) is 23.5. The van der Waals surface area contributed by atoms with Gasteiger partial charge in [0.2, 0.25) is 51.4 Å². The number of nitrogens with two attached hydrogens (primary N) is 1. The van der Waals surface area contributed by atoms with E-state index in [9.17, 15) is 61.2 Å². The Hall–Kier alpha value is -7.98. The first-order chi connectivity index (χ1) is 44.4. The molecule has 27 nitrogen and oxygen atoms in total. The van der Waals surface area contributed by atoms with Crippen LogP contribution in [0.5, 0.6) is 0 Å². The van der Waals surface area contributed by atoms with E-state index in [1.165, 1.54) is 38.3 Å². The molecule has 2 aromatic rings. The summed E-state index contributed by atoms with van der Waals surface area (Å²) in [5, 5.41) is 13.7. The highest BCUT2D eigenvalue weighted by Gasteiger charge is 2.44. The number of amides is 12. The number of anilines is 1. The molecule has 0 radical (unpaired) electrons. The molecule has 2 aromatic carbocycles. The van der Waals surface area contributed by atoms with E-state index in [4.69, 9.17) is 19.9 Å². The Balaban J connectivity index is 1.38. The molecular weight excluding hydrogens is 1230 g/mol. The number of hydrogen-bond donors (Lipinski definition) is 7. The highest BCUT2D eigenvalue weighted by molar-refractivity contribution is 7.89. The van der Waals surface area contributed by atoms with Crippen LogP contribution in [-0.4, -0.2) is 190 Å². The number of carbonyl (C=O) groups is 11. The lowest BCUT2D eigenvalue weighted by molar-refractivity contribution is -0.148. The number of benzene rings is 2. The Labute approximate surface area is 553 Å². The first kappa shape index (κ1) is 78.5. The number of methoxy groups -OCH3 is 2. The maximum atomic E-state index is 14.8. The van der Waals surface area contributed by atoms with E-state index in [1.807, 2.05) is 13.8 Å². The normalized spacial score (nSPS) is 16.9. The van der Waals surface area contributed by atoms with E-state index < -0.39 is 130 Å². The largest absolute Gasteiger partial charge is 0.445 e. The third-order valence-electron chi connectivity index (χ3n) is 17.2. The van der Waals surface area contributed by atoms with E-state index in [1.54, 1.807) is 115 Å². The molecule has 0 aromatic heterocycles. The van der Waals surface area contributed by atoms with Crippen molar-refractivity contribution in [2.45, 2.75) is 187 Å². The number of carbonyl (C=O) groups excluding carboxylic acids is 11. The van der Waals surface area contributed by atoms with Crippen molar-refractivity contribution in [3.05, 3.63) is 77.9 Å². The molecule has 0 saturated carbocycles. The minimum atomic E-state index is -4.06. The fraction of sp³-hybridized carbons (Fsp3) is 0.621. The van der Waals surface area contributed by atoms with Gasteiger partial charge in [0.25, 0.3) is 11.8 Å². The lowest BCUT2D eigenvalue weighted by atomic mass is 9.89. The quantitative estimate of drug-likeness (QED) is 0.0360. The van der Waals surface area contributed by atoms with Crippen LogP contribution in [0.4, 0.5) is 15.3 Å². The van der Waals surface area contributed by atoms with Crippen LogP contribution in [0.1, 0.15) is 138 Å². The Bertz CT molecular complexity index is 3040. The summed E-state index contributed by atoms with van der Waals surface area (Å²) < 4.78 is 45.8. The summed E-state index contributed by atoms with van der Waals surface area (Å²) in [6.07, 6.45) is 3.31. The Morgan fingerprint density at radius 3 is 1.93 bits per heavy atom. The number of urea groups is 1. The van der Waals surface area contributed by atoms with Crippen LogP contribution in [0.15, 0.2) is 66.7 Å². The molecule has 94 heavy (non-hydrogen) atoms. The molecule has 0 aliphatic carbocycles. The zero-order valence-corrected chi connectivity index (χ0v) is 57.6. The minimum absolute atomic E-state index is 0.0774. The van der Waals surface area contributed by atoms with Gasteiger partial charge >= 0.3 is 12.1 Å². The van der Waals surface area contributed by atoms with Crippen molar-refractivity contribution in [1.29, 1.82) is 0 Å². The average Bonchev–Trinajstić information content (AvgIpc) is 1.25. The molecule has 10 atom stereocenters. The average molecular weight is 1340 g/mol. The van der Waals surface area contributed by atoms with Crippen LogP contribution in [0.3, 0.4) is 0 Å². The topological polar surface area (TPSA) is 361 Å². The highest BCUT2D eigenvalue weighted by atomic mass is 32.2. The fourth-order valence-electron chi connectivity index (χ4n) is 11.8. The number of imide groups is 1. The fourth-order valence-corrected chi connectivity index (χ4v) is 13.0. The summed E-state index contributed by atoms with van der Waals surface area (Å²) in [6, 6.07) is 8.46. The molecule has 0 bridgehead atoms. The van der Waals surface area contributed by atoms with E-state index in [0.717, 1.165) is 9.80 Å². The van der Waals surface area contributed by atoms with Crippen molar-refractivity contribution in [3.8, 4) is 0 Å². The number of ether oxygens (including phenoxy) is 3. The second-order valence-electron chi connectivity index (χ2n) is 25.3. The van der Waals surface area contributed by atoms with Crippen LogP contribution in [0, 0.1) is 29.6 Å². The first-order valence-corrected chi connectivity index (χ1v) is 34.0. The van der Waals surface area contributed by atoms with Crippen molar-refractivity contribution >= 4 is 81.0 Å². The molecule has 12 amide bonds. The summed E-state index contributed by atoms with van der Waals surface area (Å²) in [4.78, 5) is 152. The molecule has 0 spiro atoms. The smallest absolute Gasteiger partial charge is 0.410 e. The molecule has 2 heterocycles. The molecule has 8 N–H and O–H groups in total. The standard InChI is InChI=1S/C66H101N11O16S/c1-14-43(8)58(50(91-12)37-54(81)76-36-22-26-49(76)59(92-13)44(9)60(82)73-94(89,90)39-46-23-17-15-18-24-46)74(10)64(86)56(41(4)5)72-63(85)57(42(6)7)75(11)66(88)93-38-45-28-30-47(31-29-45)69-61(83)48(25-21-34-68-65(67)87)70-62(84)55(40(2)3)71-51(78)27-19-16-20-35-77-52(79)32-33-53(77)80/h15,17-18,23-24,28-33,40-44,48-50,55-59H,14,16,19-22,25-27,34-39H2,1-13H3,(H,69,83)(H,70,84)(H,71,78)(H,72,85)(H,73,82)(H3,67,68,87)/t43-,44+,48-,49-,50+,55?,56-,57?,58-,59+/m0/s1. The zero-order chi connectivity index (χ0) is 70.1. The van der Waals surface area contributed by atoms with Gasteiger partial charge in [-0.3, -0.25) is 57.7 Å². The number of unbranched alkanes of at least 4 members (excludes halogenated alkanes) is 2. The number of likely N-dealkylation sites (tertiary alicyclic amines) is 1. The second kappa shape index (κ2) is 37.8. The predicted octanol–water partition coefficient (Wildman–Crippen LogP) is 4.48. The van der Waals surface area contributed by atoms with Gasteiger partial charge in [0, 0.05) is 72.2 Å². The molecule has 2 aliphatic rings. The molecule has 4 rings (SSSR count). The van der Waals surface area contributed by atoms with Gasteiger partial charge in [0.15, 0.2) is 0 Å². The van der Waals surface area contributed by atoms with Gasteiger partial charge in [-0.25, -0.2) is 18.0 Å². The Morgan fingerprint density at radius 1 is 0.713 bits per heavy atom. The van der Waals surface area contributed by atoms with Gasteiger partial charge in [0.1, 0.15) is 30.8 Å². The third-order valence-corrected chi connectivity index (χ3v) is 18.4. The summed E-state index contributed by atoms with van der Waals surface area (Å²) in [5.41, 5.74) is 6.59. The molecule has 1 fully saturated rings. The molecule has 28 heteroatoms. The number of nitrogens with zero attached hydrogens (tertiary/aromatic N) is 4. The van der Waals surface area contributed by atoms with Crippen molar-refractivity contribution in [2.24, 2.45) is 35.3 Å². The number of nitrogens with one attached hydrogen (secondary N) is 6. The molecular formula is C66H101N11O16S. The van der Waals surface area contributed by atoms with Crippen molar-refractivity contribution in [3.63, 3.8) is 0 Å². The number of likely N-dealkylation sites (N-methyl/N-ethyl adjacent to an activating group) is 2. The second-order valence-corrected chi connectivity index (χ2v) is 27.0. The zero-order valence-electron chi connectivity index (χ0n) is 56.8. The van der Waals surface area contributed by atoms with Gasteiger partial charge in [-0.1, -0.05) is 118 Å². The van der Waals surface area contributed by atoms with Crippen LogP contribution in [0.2, 0.25) is 0 Å². The summed E-state index contributed by atoms with van der Waals surface area (Å²) in [7, 11) is 1.84. The Kier molecular flexibility index (Phi) is 31.5. The summed E-state index contributed by atoms with van der Waals surface area (Å²) in [5.74, 6) is -7.38. The molecule has 1 saturated heterocycles. The van der Waals surface area contributed by atoms with Crippen molar-refractivity contribution in [2.75, 3.05) is 53.3 Å². The van der Waals surface area contributed by atoms with E-state index in [-0.39, 0.29) is 74.9 Å². The van der Waals surface area contributed by atoms with Gasteiger partial charge in [-0.2, -0.15) is 0 Å². The number of sulfonamides is 1. The summed E-state index contributed by atoms with van der Waals surface area (Å²) >= 11 is 0. The first-order valence-electron chi connectivity index (χ1n) is 32.3. The van der Waals surface area contributed by atoms with Gasteiger partial charge in [-0.05, 0) is 85.5 Å². The van der Waals surface area contributed by atoms with Crippen LogP contribution in [-0.2, 0) is 79.7 Å². The highest BCUT2D eigenvalue weighted by Crippen LogP contribution is 2.30. The number of rotatable bonds is 38. The minimum Gasteiger partial charge on any atom is -0.445 e. The van der Waals surface area contributed by atoms with Gasteiger partial charge in [0.05, 0.1) is 42.4 Å². The monoisotopic (exact) mass is 1340 g/mol. The lowest BCUT2D eigenvalue weighted by Crippen LogP contribution is -2.60. The maximum absolute atomic E-state index is 14.8. The molecule has 522 valence electrons. The van der Waals surface area contributed by atoms with E-state index in [2.05, 4.69) is 31.3 Å². The van der Waals surface area contributed by atoms with Crippen LogP contribution >= 0.6 is 0 Å². The van der Waals surface area contributed by atoms with Crippen molar-refractivity contribution < 1.29 is 75.4 Å². The number of primary amides is 1. The lowest BCUT2D eigenvalue weighted by Gasteiger charge is -2.41. The SMILES string of the molecule is CC[C@H](C)[C@@H]([C@@H](CC(=O)N1CCC[C@H]1[C@H](OC)[C@@H](C)C(=O)NS(=O)(=O)Cc1ccccc1)OC)N(C)C(=O)[C@@H](NC(=O)C(C(C)C)N(C)C(=O)OCc1ccc(NC(=O)[C@H](CCCNC(N)=O)NC(=O)C(NC(=O)CCCCCN2C(=O)C=CC2=O)C(C)C)cc1)C(C)C. The van der Waals surface area contributed by atoms with Crippen molar-refractivity contribution in [1.82, 2.24) is 45.6 Å². The van der Waals surface area contributed by atoms with Crippen LogP contribution < -0.4 is 37.0 Å². The van der Waals surface area contributed by atoms with E-state index >= 15 is 0 Å². The summed E-state index contributed by atoms with van der Waals surface area (Å²) in [6.45, 7) is 16.4. The van der Waals surface area contributed by atoms with E-state index in [0.29, 0.717) is 61.9 Å². The molecule has 2 unspecified atom stereocenters.